The molecule has 3 heteroatoms. The lowest BCUT2D eigenvalue weighted by Gasteiger charge is -2.25. The Balaban J connectivity index is 1.98. The van der Waals surface area contributed by atoms with E-state index in [9.17, 15) is 0 Å². The average molecular weight is 277 g/mol. The van der Waals surface area contributed by atoms with Crippen LogP contribution in [-0.2, 0) is 0 Å². The molecule has 0 spiro atoms. The lowest BCUT2D eigenvalue weighted by molar-refractivity contribution is 0.614. The van der Waals surface area contributed by atoms with Gasteiger partial charge in [-0.1, -0.05) is 6.08 Å². The van der Waals surface area contributed by atoms with E-state index in [0.29, 0.717) is 0 Å². The molecule has 2 aromatic heterocycles. The van der Waals surface area contributed by atoms with Gasteiger partial charge in [-0.3, -0.25) is 0 Å². The third kappa shape index (κ3) is 1.33. The molecule has 0 fully saturated rings. The van der Waals surface area contributed by atoms with Gasteiger partial charge in [0.15, 0.2) is 0 Å². The van der Waals surface area contributed by atoms with Crippen molar-refractivity contribution in [1.29, 1.82) is 0 Å². The highest BCUT2D eigenvalue weighted by atomic mass is 32.1. The van der Waals surface area contributed by atoms with Crippen molar-refractivity contribution in [2.75, 3.05) is 6.54 Å². The predicted molar refractivity (Wildman–Crippen MR) is 82.5 cm³/mol. The molecular formula is C17H11NOS. The monoisotopic (exact) mass is 277 g/mol. The first-order chi connectivity index (χ1) is 9.88. The highest BCUT2D eigenvalue weighted by molar-refractivity contribution is 7.07. The summed E-state index contributed by atoms with van der Waals surface area (Å²) in [5.74, 6) is 0. The summed E-state index contributed by atoms with van der Waals surface area (Å²) < 4.78 is 6.89. The highest BCUT2D eigenvalue weighted by Gasteiger charge is 2.14. The molecule has 1 aromatic carbocycles. The molecule has 0 unspecified atom stereocenters. The van der Waals surface area contributed by atoms with Gasteiger partial charge in [-0.2, -0.15) is 0 Å². The van der Waals surface area contributed by atoms with Gasteiger partial charge < -0.3 is 9.32 Å². The first-order valence-electron chi connectivity index (χ1n) is 6.64. The molecular weight excluding hydrogens is 266 g/mol. The fourth-order valence-electron chi connectivity index (χ4n) is 3.00. The first kappa shape index (κ1) is 10.5. The quantitative estimate of drug-likeness (QED) is 0.608. The Morgan fingerprint density at radius 1 is 1.15 bits per heavy atom. The van der Waals surface area contributed by atoms with Crippen molar-refractivity contribution in [3.8, 4) is 0 Å². The molecule has 0 aliphatic carbocycles. The van der Waals surface area contributed by atoms with E-state index in [4.69, 9.17) is 4.42 Å². The van der Waals surface area contributed by atoms with Crippen LogP contribution in [0.2, 0.25) is 0 Å². The number of hydrogen-bond acceptors (Lipinski definition) is 3. The highest BCUT2D eigenvalue weighted by Crippen LogP contribution is 2.15. The second-order valence-electron chi connectivity index (χ2n) is 5.15. The maximum Gasteiger partial charge on any atom is 0.134 e. The molecule has 5 rings (SSSR count). The second kappa shape index (κ2) is 3.64. The fourth-order valence-corrected chi connectivity index (χ4v) is 3.80. The van der Waals surface area contributed by atoms with Crippen molar-refractivity contribution in [3.05, 3.63) is 56.1 Å². The van der Waals surface area contributed by atoms with Crippen LogP contribution in [0.4, 0.5) is 0 Å². The SMILES string of the molecule is C1=c2cc3ccoc3cc2=C2C=c3sccc3=CN2C1. The molecule has 96 valence electrons. The maximum atomic E-state index is 5.55. The van der Waals surface area contributed by atoms with Crippen LogP contribution in [0, 0.1) is 0 Å². The minimum absolute atomic E-state index is 0.928. The smallest absolute Gasteiger partial charge is 0.134 e. The molecule has 2 nitrogen and oxygen atoms in total. The normalized spacial score (nSPS) is 15.8. The predicted octanol–water partition coefficient (Wildman–Crippen LogP) is 0.931. The summed E-state index contributed by atoms with van der Waals surface area (Å²) in [7, 11) is 0. The lowest BCUT2D eigenvalue weighted by atomic mass is 10.1. The molecule has 0 saturated carbocycles. The van der Waals surface area contributed by atoms with E-state index in [1.807, 2.05) is 6.07 Å². The van der Waals surface area contributed by atoms with Crippen molar-refractivity contribution in [2.45, 2.75) is 0 Å². The summed E-state index contributed by atoms with van der Waals surface area (Å²) in [6, 6.07) is 8.58. The van der Waals surface area contributed by atoms with Gasteiger partial charge in [0.05, 0.1) is 12.0 Å². The molecule has 0 radical (unpaired) electrons. The Morgan fingerprint density at radius 3 is 3.15 bits per heavy atom. The standard InChI is InChI=1S/C17H11NOS/c1-4-18-10-13-3-6-20-17(13)9-15(18)14-8-16-12(2-5-19-16)7-11(1)14/h1-3,5-10H,4H2. The Bertz CT molecular complexity index is 1080. The van der Waals surface area contributed by atoms with Crippen molar-refractivity contribution in [1.82, 2.24) is 4.90 Å². The minimum Gasteiger partial charge on any atom is -0.464 e. The number of benzene rings is 1. The van der Waals surface area contributed by atoms with Crippen LogP contribution in [0.5, 0.6) is 0 Å². The molecule has 0 amide bonds. The van der Waals surface area contributed by atoms with Crippen molar-refractivity contribution in [2.24, 2.45) is 0 Å². The van der Waals surface area contributed by atoms with E-state index in [0.717, 1.165) is 12.1 Å². The van der Waals surface area contributed by atoms with Gasteiger partial charge in [-0.15, -0.1) is 11.3 Å². The van der Waals surface area contributed by atoms with E-state index in [-0.39, 0.29) is 0 Å². The molecule has 3 aromatic rings. The number of fused-ring (bicyclic) bond motifs is 4. The Kier molecular flexibility index (Phi) is 1.92. The average Bonchev–Trinajstić information content (AvgIpc) is 3.10. The van der Waals surface area contributed by atoms with Gasteiger partial charge in [-0.25, -0.2) is 0 Å². The molecule has 20 heavy (non-hydrogen) atoms. The van der Waals surface area contributed by atoms with E-state index in [2.05, 4.69) is 46.8 Å². The van der Waals surface area contributed by atoms with Gasteiger partial charge in [0.25, 0.3) is 0 Å². The number of rotatable bonds is 0. The molecule has 0 saturated heterocycles. The van der Waals surface area contributed by atoms with Crippen LogP contribution in [0.1, 0.15) is 0 Å². The second-order valence-corrected chi connectivity index (χ2v) is 6.10. The molecule has 2 aliphatic heterocycles. The first-order valence-corrected chi connectivity index (χ1v) is 7.52. The van der Waals surface area contributed by atoms with Gasteiger partial charge >= 0.3 is 0 Å². The van der Waals surface area contributed by atoms with Crippen LogP contribution in [-0.4, -0.2) is 11.4 Å². The summed E-state index contributed by atoms with van der Waals surface area (Å²) in [4.78, 5) is 2.31. The maximum absolute atomic E-state index is 5.55. The fraction of sp³-hybridized carbons (Fsp3) is 0.0588. The van der Waals surface area contributed by atoms with E-state index < -0.39 is 0 Å². The molecule has 0 atom stereocenters. The summed E-state index contributed by atoms with van der Waals surface area (Å²) in [6.45, 7) is 0.928. The zero-order valence-corrected chi connectivity index (χ0v) is 11.5. The van der Waals surface area contributed by atoms with Gasteiger partial charge in [0, 0.05) is 33.1 Å². The van der Waals surface area contributed by atoms with Gasteiger partial charge in [0.2, 0.25) is 0 Å². The molecule has 0 N–H and O–H groups in total. The molecule has 0 bridgehead atoms. The summed E-state index contributed by atoms with van der Waals surface area (Å²) >= 11 is 1.79. The van der Waals surface area contributed by atoms with Gasteiger partial charge in [0.1, 0.15) is 5.58 Å². The number of thiophene rings is 1. The Morgan fingerprint density at radius 2 is 2.15 bits per heavy atom. The molecule has 2 aliphatic rings. The third-order valence-corrected chi connectivity index (χ3v) is 4.89. The van der Waals surface area contributed by atoms with Gasteiger partial charge in [-0.05, 0) is 40.9 Å². The zero-order valence-electron chi connectivity index (χ0n) is 10.7. The Hall–Kier alpha value is -2.26. The minimum atomic E-state index is 0.928. The number of furan rings is 1. The zero-order chi connectivity index (χ0) is 13.1. The summed E-state index contributed by atoms with van der Waals surface area (Å²) in [6.07, 6.45) is 8.58. The van der Waals surface area contributed by atoms with Crippen LogP contribution >= 0.6 is 11.3 Å². The van der Waals surface area contributed by atoms with E-state index in [1.165, 1.54) is 31.3 Å². The topological polar surface area (TPSA) is 16.4 Å². The Labute approximate surface area is 118 Å². The number of nitrogens with zero attached hydrogens (tertiary/aromatic N) is 1. The summed E-state index contributed by atoms with van der Waals surface area (Å²) in [5.41, 5.74) is 2.23. The van der Waals surface area contributed by atoms with Crippen LogP contribution < -0.4 is 20.2 Å². The van der Waals surface area contributed by atoms with Crippen LogP contribution in [0.3, 0.4) is 0 Å². The lowest BCUT2D eigenvalue weighted by Crippen LogP contribution is -2.41. The number of hydrogen-bond donors (Lipinski definition) is 0. The van der Waals surface area contributed by atoms with Crippen molar-refractivity contribution >= 4 is 46.4 Å². The van der Waals surface area contributed by atoms with Crippen LogP contribution in [0.25, 0.3) is 35.0 Å². The largest absolute Gasteiger partial charge is 0.464 e. The third-order valence-electron chi connectivity index (χ3n) is 4.01. The van der Waals surface area contributed by atoms with Crippen molar-refractivity contribution < 1.29 is 4.42 Å². The summed E-state index contributed by atoms with van der Waals surface area (Å²) in [5, 5.41) is 7.20. The van der Waals surface area contributed by atoms with E-state index >= 15 is 0 Å². The van der Waals surface area contributed by atoms with Crippen LogP contribution in [0.15, 0.2) is 40.3 Å². The molecule has 4 heterocycles. The van der Waals surface area contributed by atoms with E-state index in [1.54, 1.807) is 17.6 Å². The van der Waals surface area contributed by atoms with Crippen molar-refractivity contribution in [3.63, 3.8) is 0 Å².